The Balaban J connectivity index is 1.83. The lowest BCUT2D eigenvalue weighted by Gasteiger charge is -2.27. The third-order valence-corrected chi connectivity index (χ3v) is 3.61. The quantitative estimate of drug-likeness (QED) is 0.888. The van der Waals surface area contributed by atoms with Crippen LogP contribution in [0.4, 0.5) is 0 Å². The number of aromatic nitrogens is 2. The molecule has 0 bridgehead atoms. The van der Waals surface area contributed by atoms with Gasteiger partial charge in [-0.25, -0.2) is 0 Å². The molecule has 1 aliphatic rings. The number of nitrogens with one attached hydrogen (secondary N) is 1. The maximum atomic E-state index is 6.07. The van der Waals surface area contributed by atoms with Crippen molar-refractivity contribution in [2.75, 3.05) is 6.54 Å². The van der Waals surface area contributed by atoms with Crippen molar-refractivity contribution in [3.8, 4) is 0 Å². The summed E-state index contributed by atoms with van der Waals surface area (Å²) in [7, 11) is 1.95. The minimum absolute atomic E-state index is 0.0217. The van der Waals surface area contributed by atoms with Crippen molar-refractivity contribution in [2.45, 2.75) is 57.8 Å². The second-order valence-corrected chi connectivity index (χ2v) is 6.41. The van der Waals surface area contributed by atoms with Crippen molar-refractivity contribution >= 4 is 0 Å². The number of hydrogen-bond acceptors (Lipinski definition) is 3. The summed E-state index contributed by atoms with van der Waals surface area (Å²) in [6.07, 6.45) is 4.01. The van der Waals surface area contributed by atoms with Crippen LogP contribution in [0.1, 0.15) is 39.8 Å². The number of aryl methyl sites for hydroxylation is 1. The molecular weight excluding hydrogens is 226 g/mol. The van der Waals surface area contributed by atoms with Crippen molar-refractivity contribution in [2.24, 2.45) is 7.05 Å². The first-order valence-corrected chi connectivity index (χ1v) is 6.71. The molecule has 0 aliphatic carbocycles. The molecule has 2 heterocycles. The third-order valence-electron chi connectivity index (χ3n) is 3.61. The second kappa shape index (κ2) is 4.67. The first kappa shape index (κ1) is 13.6. The highest BCUT2D eigenvalue weighted by atomic mass is 16.5. The molecule has 1 atom stereocenters. The first-order valence-electron chi connectivity index (χ1n) is 6.71. The maximum absolute atomic E-state index is 6.07. The predicted octanol–water partition coefficient (Wildman–Crippen LogP) is 1.90. The normalized spacial score (nSPS) is 25.5. The van der Waals surface area contributed by atoms with Crippen molar-refractivity contribution in [3.05, 3.63) is 18.0 Å². The molecule has 4 heteroatoms. The molecule has 1 unspecified atom stereocenters. The van der Waals surface area contributed by atoms with Gasteiger partial charge in [0.2, 0.25) is 0 Å². The van der Waals surface area contributed by atoms with Gasteiger partial charge in [0.15, 0.2) is 0 Å². The molecule has 0 saturated carbocycles. The number of ether oxygens (including phenoxy) is 1. The van der Waals surface area contributed by atoms with Crippen molar-refractivity contribution < 1.29 is 4.74 Å². The zero-order chi connectivity index (χ0) is 13.4. The van der Waals surface area contributed by atoms with Gasteiger partial charge in [-0.3, -0.25) is 4.68 Å². The van der Waals surface area contributed by atoms with E-state index in [1.165, 1.54) is 0 Å². The van der Waals surface area contributed by atoms with Crippen molar-refractivity contribution in [3.63, 3.8) is 0 Å². The summed E-state index contributed by atoms with van der Waals surface area (Å²) in [6, 6.07) is 2.48. The number of hydrogen-bond donors (Lipinski definition) is 1. The fourth-order valence-electron chi connectivity index (χ4n) is 2.85. The van der Waals surface area contributed by atoms with Crippen LogP contribution >= 0.6 is 0 Å². The molecule has 18 heavy (non-hydrogen) atoms. The zero-order valence-electron chi connectivity index (χ0n) is 12.2. The molecule has 4 nitrogen and oxygen atoms in total. The predicted molar refractivity (Wildman–Crippen MR) is 72.6 cm³/mol. The molecule has 0 amide bonds. The summed E-state index contributed by atoms with van der Waals surface area (Å²) in [5, 5.41) is 8.00. The van der Waals surface area contributed by atoms with Crippen LogP contribution in [0.3, 0.4) is 0 Å². The Morgan fingerprint density at radius 3 is 2.67 bits per heavy atom. The molecule has 0 aromatic carbocycles. The van der Waals surface area contributed by atoms with E-state index in [-0.39, 0.29) is 11.2 Å². The summed E-state index contributed by atoms with van der Waals surface area (Å²) in [5.41, 5.74) is 1.03. The first-order chi connectivity index (χ1) is 8.28. The van der Waals surface area contributed by atoms with Gasteiger partial charge in [-0.05, 0) is 40.2 Å². The Bertz CT molecular complexity index is 409. The molecule has 2 rings (SSSR count). The Kier molecular flexibility index (Phi) is 3.52. The summed E-state index contributed by atoms with van der Waals surface area (Å²) >= 11 is 0. The molecule has 102 valence electrons. The lowest BCUT2D eigenvalue weighted by atomic mass is 9.94. The Morgan fingerprint density at radius 1 is 1.44 bits per heavy atom. The standard InChI is InChI=1S/C14H25N3O/c1-13(2)10-12(14(3,4)18-13)15-8-6-11-7-9-17(5)16-11/h7,9,12,15H,6,8,10H2,1-5H3. The Morgan fingerprint density at radius 2 is 2.17 bits per heavy atom. The van der Waals surface area contributed by atoms with E-state index >= 15 is 0 Å². The SMILES string of the molecule is Cn1ccc(CCNC2CC(C)(C)OC2(C)C)n1. The van der Waals surface area contributed by atoms with E-state index in [1.807, 2.05) is 17.9 Å². The minimum atomic E-state index is -0.0897. The topological polar surface area (TPSA) is 39.1 Å². The highest BCUT2D eigenvalue weighted by Crippen LogP contribution is 2.37. The van der Waals surface area contributed by atoms with Crippen LogP contribution in [-0.4, -0.2) is 33.6 Å². The highest BCUT2D eigenvalue weighted by Gasteiger charge is 2.45. The zero-order valence-corrected chi connectivity index (χ0v) is 12.2. The van der Waals surface area contributed by atoms with E-state index in [0.29, 0.717) is 6.04 Å². The Labute approximate surface area is 110 Å². The fraction of sp³-hybridized carbons (Fsp3) is 0.786. The molecule has 0 radical (unpaired) electrons. The van der Waals surface area contributed by atoms with Gasteiger partial charge >= 0.3 is 0 Å². The summed E-state index contributed by atoms with van der Waals surface area (Å²) < 4.78 is 7.92. The fourth-order valence-corrected chi connectivity index (χ4v) is 2.85. The van der Waals surface area contributed by atoms with Crippen LogP contribution in [0.5, 0.6) is 0 Å². The van der Waals surface area contributed by atoms with E-state index < -0.39 is 0 Å². The van der Waals surface area contributed by atoms with Crippen LogP contribution in [0.2, 0.25) is 0 Å². The third kappa shape index (κ3) is 3.12. The molecule has 1 aliphatic heterocycles. The summed E-state index contributed by atoms with van der Waals surface area (Å²) in [4.78, 5) is 0. The van der Waals surface area contributed by atoms with Crippen LogP contribution in [0, 0.1) is 0 Å². The van der Waals surface area contributed by atoms with Gasteiger partial charge in [-0.1, -0.05) is 0 Å². The van der Waals surface area contributed by atoms with Gasteiger partial charge in [0.25, 0.3) is 0 Å². The van der Waals surface area contributed by atoms with Crippen molar-refractivity contribution in [1.29, 1.82) is 0 Å². The van der Waals surface area contributed by atoms with E-state index in [2.05, 4.69) is 44.2 Å². The maximum Gasteiger partial charge on any atom is 0.0787 e. The van der Waals surface area contributed by atoms with E-state index in [9.17, 15) is 0 Å². The average Bonchev–Trinajstić information content (AvgIpc) is 2.68. The van der Waals surface area contributed by atoms with Gasteiger partial charge in [0.1, 0.15) is 0 Å². The van der Waals surface area contributed by atoms with Crippen LogP contribution in [-0.2, 0) is 18.2 Å². The van der Waals surface area contributed by atoms with Gasteiger partial charge in [0, 0.05) is 32.3 Å². The van der Waals surface area contributed by atoms with E-state index in [1.54, 1.807) is 0 Å². The molecular formula is C14H25N3O. The Hall–Kier alpha value is -0.870. The van der Waals surface area contributed by atoms with E-state index in [0.717, 1.165) is 25.1 Å². The number of rotatable bonds is 4. The molecule has 1 aromatic heterocycles. The summed E-state index contributed by atoms with van der Waals surface area (Å²) in [5.74, 6) is 0. The molecule has 1 aromatic rings. The molecule has 0 spiro atoms. The lowest BCUT2D eigenvalue weighted by molar-refractivity contribution is -0.0697. The smallest absolute Gasteiger partial charge is 0.0787 e. The molecule has 1 fully saturated rings. The lowest BCUT2D eigenvalue weighted by Crippen LogP contribution is -2.44. The van der Waals surface area contributed by atoms with Gasteiger partial charge < -0.3 is 10.1 Å². The molecule has 1 saturated heterocycles. The van der Waals surface area contributed by atoms with Crippen LogP contribution < -0.4 is 5.32 Å². The van der Waals surface area contributed by atoms with Crippen LogP contribution in [0.15, 0.2) is 12.3 Å². The summed E-state index contributed by atoms with van der Waals surface area (Å²) in [6.45, 7) is 9.61. The van der Waals surface area contributed by atoms with Crippen molar-refractivity contribution in [1.82, 2.24) is 15.1 Å². The highest BCUT2D eigenvalue weighted by molar-refractivity contribution is 5.02. The molecule has 1 N–H and O–H groups in total. The number of nitrogens with zero attached hydrogens (tertiary/aromatic N) is 2. The van der Waals surface area contributed by atoms with Crippen LogP contribution in [0.25, 0.3) is 0 Å². The van der Waals surface area contributed by atoms with Gasteiger partial charge in [-0.2, -0.15) is 5.10 Å². The minimum Gasteiger partial charge on any atom is -0.368 e. The largest absolute Gasteiger partial charge is 0.368 e. The average molecular weight is 251 g/mol. The second-order valence-electron chi connectivity index (χ2n) is 6.41. The van der Waals surface area contributed by atoms with E-state index in [4.69, 9.17) is 4.74 Å². The monoisotopic (exact) mass is 251 g/mol. The van der Waals surface area contributed by atoms with Gasteiger partial charge in [-0.15, -0.1) is 0 Å². The van der Waals surface area contributed by atoms with Gasteiger partial charge in [0.05, 0.1) is 16.9 Å².